The lowest BCUT2D eigenvalue weighted by molar-refractivity contribution is -0.142. The third-order valence-electron chi connectivity index (χ3n) is 4.75. The lowest BCUT2D eigenvalue weighted by Crippen LogP contribution is -2.22. The monoisotopic (exact) mass is 354 g/mol. The van der Waals surface area contributed by atoms with Gasteiger partial charge in [-0.15, -0.1) is 0 Å². The van der Waals surface area contributed by atoms with E-state index >= 15 is 0 Å². The normalized spacial score (nSPS) is 17.8. The number of carboxylic acids is 1. The van der Waals surface area contributed by atoms with Crippen LogP contribution in [0.15, 0.2) is 46.5 Å². The first kappa shape index (κ1) is 19.4. The smallest absolute Gasteiger partial charge is 0.306 e. The molecule has 26 heavy (non-hydrogen) atoms. The van der Waals surface area contributed by atoms with Crippen molar-refractivity contribution < 1.29 is 9.90 Å². The van der Waals surface area contributed by atoms with E-state index in [0.717, 1.165) is 22.4 Å². The summed E-state index contributed by atoms with van der Waals surface area (Å²) in [6.07, 6.45) is 1.83. The maximum atomic E-state index is 11.2. The van der Waals surface area contributed by atoms with E-state index in [-0.39, 0.29) is 5.92 Å². The van der Waals surface area contributed by atoms with Crippen LogP contribution in [0.25, 0.3) is 0 Å². The van der Waals surface area contributed by atoms with E-state index in [1.807, 2.05) is 19.1 Å². The minimum absolute atomic E-state index is 0.322. The van der Waals surface area contributed by atoms with Crippen LogP contribution in [0.2, 0.25) is 0 Å². The van der Waals surface area contributed by atoms with Gasteiger partial charge in [-0.25, -0.2) is 0 Å². The van der Waals surface area contributed by atoms with Gasteiger partial charge < -0.3 is 21.6 Å². The number of anilines is 2. The van der Waals surface area contributed by atoms with Gasteiger partial charge in [0, 0.05) is 35.3 Å². The summed E-state index contributed by atoms with van der Waals surface area (Å²) in [6, 6.07) is 5.41. The summed E-state index contributed by atoms with van der Waals surface area (Å²) >= 11 is 0. The predicted octanol–water partition coefficient (Wildman–Crippen LogP) is 3.85. The summed E-state index contributed by atoms with van der Waals surface area (Å²) in [6.45, 7) is 7.83. The quantitative estimate of drug-likeness (QED) is 0.365. The van der Waals surface area contributed by atoms with E-state index in [9.17, 15) is 9.90 Å². The zero-order valence-corrected chi connectivity index (χ0v) is 15.5. The molecule has 0 aliphatic heterocycles. The number of hydrogen-bond acceptors (Lipinski definition) is 4. The van der Waals surface area contributed by atoms with Gasteiger partial charge in [-0.1, -0.05) is 12.2 Å². The molecule has 0 bridgehead atoms. The summed E-state index contributed by atoms with van der Waals surface area (Å²) in [5.41, 5.74) is 11.2. The summed E-state index contributed by atoms with van der Waals surface area (Å²) in [4.78, 5) is 15.5. The topological polar surface area (TPSA) is 112 Å². The van der Waals surface area contributed by atoms with Gasteiger partial charge in [0.25, 0.3) is 0 Å². The Labute approximate surface area is 154 Å². The Morgan fingerprint density at radius 3 is 2.69 bits per heavy atom. The maximum Gasteiger partial charge on any atom is 0.306 e. The molecular formula is C20H26N4O2. The van der Waals surface area contributed by atoms with Crippen LogP contribution in [0.5, 0.6) is 0 Å². The third kappa shape index (κ3) is 4.20. The molecule has 0 spiro atoms. The van der Waals surface area contributed by atoms with Crippen molar-refractivity contribution in [2.45, 2.75) is 33.1 Å². The van der Waals surface area contributed by atoms with Crippen LogP contribution in [-0.2, 0) is 4.79 Å². The highest BCUT2D eigenvalue weighted by atomic mass is 16.4. The number of nitrogens with zero attached hydrogens (tertiary/aromatic N) is 1. The van der Waals surface area contributed by atoms with Gasteiger partial charge in [0.2, 0.25) is 0 Å². The molecule has 2 rings (SSSR count). The van der Waals surface area contributed by atoms with Gasteiger partial charge in [-0.3, -0.25) is 9.79 Å². The van der Waals surface area contributed by atoms with E-state index in [1.165, 1.54) is 0 Å². The van der Waals surface area contributed by atoms with Crippen LogP contribution in [0, 0.1) is 11.3 Å². The SMILES string of the molecule is C=C(C(=NC)Nc1ccc(N)c(C(C)=N)c1)C1=C(C)CC(C(=O)O)CC1. The zero-order chi connectivity index (χ0) is 19.4. The molecule has 5 N–H and O–H groups in total. The molecule has 0 amide bonds. The first-order valence-electron chi connectivity index (χ1n) is 8.54. The van der Waals surface area contributed by atoms with Crippen molar-refractivity contribution in [3.63, 3.8) is 0 Å². The number of amidine groups is 1. The fourth-order valence-corrected chi connectivity index (χ4v) is 3.25. The second-order valence-electron chi connectivity index (χ2n) is 6.64. The Bertz CT molecular complexity index is 821. The Hall–Kier alpha value is -2.89. The molecule has 0 heterocycles. The van der Waals surface area contributed by atoms with Gasteiger partial charge in [-0.2, -0.15) is 0 Å². The van der Waals surface area contributed by atoms with Crippen LogP contribution in [-0.4, -0.2) is 29.7 Å². The highest BCUT2D eigenvalue weighted by Crippen LogP contribution is 2.33. The molecule has 0 saturated carbocycles. The largest absolute Gasteiger partial charge is 0.481 e. The van der Waals surface area contributed by atoms with E-state index in [2.05, 4.69) is 16.9 Å². The number of hydrogen-bond donors (Lipinski definition) is 4. The van der Waals surface area contributed by atoms with Crippen molar-refractivity contribution in [3.8, 4) is 0 Å². The van der Waals surface area contributed by atoms with Gasteiger partial charge in [0.05, 0.1) is 5.92 Å². The number of nitrogens with two attached hydrogens (primary N) is 1. The molecule has 0 aromatic heterocycles. The highest BCUT2D eigenvalue weighted by molar-refractivity contribution is 6.11. The molecule has 1 aliphatic carbocycles. The molecular weight excluding hydrogens is 328 g/mol. The van der Waals surface area contributed by atoms with Crippen LogP contribution in [0.4, 0.5) is 11.4 Å². The summed E-state index contributed by atoms with van der Waals surface area (Å²) < 4.78 is 0. The number of nitrogen functional groups attached to an aromatic ring is 1. The highest BCUT2D eigenvalue weighted by Gasteiger charge is 2.26. The molecule has 0 radical (unpaired) electrons. The van der Waals surface area contributed by atoms with E-state index < -0.39 is 5.97 Å². The van der Waals surface area contributed by atoms with Crippen molar-refractivity contribution in [3.05, 3.63) is 47.1 Å². The maximum absolute atomic E-state index is 11.2. The van der Waals surface area contributed by atoms with Crippen LogP contribution < -0.4 is 11.1 Å². The van der Waals surface area contributed by atoms with Crippen molar-refractivity contribution in [2.24, 2.45) is 10.9 Å². The Morgan fingerprint density at radius 1 is 1.46 bits per heavy atom. The first-order chi connectivity index (χ1) is 12.2. The van der Waals surface area contributed by atoms with Crippen LogP contribution >= 0.6 is 0 Å². The van der Waals surface area contributed by atoms with Gasteiger partial charge in [0.15, 0.2) is 0 Å². The zero-order valence-electron chi connectivity index (χ0n) is 15.5. The van der Waals surface area contributed by atoms with E-state index in [4.69, 9.17) is 11.1 Å². The lowest BCUT2D eigenvalue weighted by atomic mass is 9.81. The summed E-state index contributed by atoms with van der Waals surface area (Å²) in [5.74, 6) is -0.434. The molecule has 1 aromatic rings. The van der Waals surface area contributed by atoms with Gasteiger partial charge in [-0.05, 0) is 56.9 Å². The fraction of sp³-hybridized carbons (Fsp3) is 0.350. The Kier molecular flexibility index (Phi) is 5.97. The van der Waals surface area contributed by atoms with Gasteiger partial charge >= 0.3 is 5.97 Å². The molecule has 1 aromatic carbocycles. The minimum atomic E-state index is -0.743. The van der Waals surface area contributed by atoms with Crippen molar-refractivity contribution in [1.82, 2.24) is 0 Å². The molecule has 0 fully saturated rings. The molecule has 1 aliphatic rings. The molecule has 1 atom stereocenters. The molecule has 6 nitrogen and oxygen atoms in total. The summed E-state index contributed by atoms with van der Waals surface area (Å²) in [5, 5.41) is 20.3. The number of benzene rings is 1. The van der Waals surface area contributed by atoms with Crippen molar-refractivity contribution >= 4 is 28.9 Å². The predicted molar refractivity (Wildman–Crippen MR) is 107 cm³/mol. The van der Waals surface area contributed by atoms with Crippen molar-refractivity contribution in [1.29, 1.82) is 5.41 Å². The van der Waals surface area contributed by atoms with E-state index in [0.29, 0.717) is 42.1 Å². The number of aliphatic imine (C=N–C) groups is 1. The minimum Gasteiger partial charge on any atom is -0.481 e. The third-order valence-corrected chi connectivity index (χ3v) is 4.75. The Balaban J connectivity index is 2.23. The number of aliphatic carboxylic acids is 1. The number of carbonyl (C=O) groups is 1. The molecule has 138 valence electrons. The second-order valence-corrected chi connectivity index (χ2v) is 6.64. The van der Waals surface area contributed by atoms with Gasteiger partial charge in [0.1, 0.15) is 5.84 Å². The number of carboxylic acid groups (broad SMARTS) is 1. The average molecular weight is 354 g/mol. The second kappa shape index (κ2) is 7.99. The molecule has 6 heteroatoms. The fourth-order valence-electron chi connectivity index (χ4n) is 3.25. The number of nitrogens with one attached hydrogen (secondary N) is 2. The van der Waals surface area contributed by atoms with Crippen LogP contribution in [0.3, 0.4) is 0 Å². The standard InChI is InChI=1S/C20H26N4O2/c1-11-9-14(20(25)26)5-7-16(11)12(2)19(23-4)24-15-6-8-18(22)17(10-15)13(3)21/h6,8,10,14,21H,2,5,7,9,22H2,1,3-4H3,(H,23,24)(H,25,26). The number of allylic oxidation sites excluding steroid dienone is 1. The lowest BCUT2D eigenvalue weighted by Gasteiger charge is -2.25. The average Bonchev–Trinajstić information content (AvgIpc) is 2.59. The van der Waals surface area contributed by atoms with E-state index in [1.54, 1.807) is 20.0 Å². The first-order valence-corrected chi connectivity index (χ1v) is 8.54. The molecule has 1 unspecified atom stereocenters. The van der Waals surface area contributed by atoms with Crippen molar-refractivity contribution in [2.75, 3.05) is 18.1 Å². The molecule has 0 saturated heterocycles. The summed E-state index contributed by atoms with van der Waals surface area (Å²) in [7, 11) is 1.69. The van der Waals surface area contributed by atoms with Crippen LogP contribution in [0.1, 0.15) is 38.7 Å². The number of rotatable bonds is 5. The Morgan fingerprint density at radius 2 is 2.15 bits per heavy atom.